The van der Waals surface area contributed by atoms with E-state index in [1.807, 2.05) is 19.9 Å². The van der Waals surface area contributed by atoms with E-state index in [4.69, 9.17) is 23.4 Å². The van der Waals surface area contributed by atoms with E-state index in [0.29, 0.717) is 24.0 Å². The van der Waals surface area contributed by atoms with Gasteiger partial charge in [0.15, 0.2) is 0 Å². The maximum atomic E-state index is 13.9. The lowest BCUT2D eigenvalue weighted by molar-refractivity contribution is -0.266. The van der Waals surface area contributed by atoms with Crippen molar-refractivity contribution < 1.29 is 42.9 Å². The first kappa shape index (κ1) is 34.1. The van der Waals surface area contributed by atoms with Crippen molar-refractivity contribution in [2.45, 2.75) is 77.8 Å². The van der Waals surface area contributed by atoms with E-state index < -0.39 is 70.1 Å². The second-order valence-corrected chi connectivity index (χ2v) is 14.1. The number of benzene rings is 1. The summed E-state index contributed by atoms with van der Waals surface area (Å²) in [5.74, 6) is -2.53. The van der Waals surface area contributed by atoms with Gasteiger partial charge in [-0.1, -0.05) is 38.6 Å². The van der Waals surface area contributed by atoms with Crippen LogP contribution in [0, 0.1) is 22.7 Å². The zero-order valence-corrected chi connectivity index (χ0v) is 28.3. The first-order valence-electron chi connectivity index (χ1n) is 16.4. The van der Waals surface area contributed by atoms with Crippen LogP contribution in [0.5, 0.6) is 5.75 Å². The Labute approximate surface area is 284 Å². The molecule has 0 spiro atoms. The third-order valence-electron chi connectivity index (χ3n) is 11.0. The lowest BCUT2D eigenvalue weighted by Gasteiger charge is -2.66. The molecule has 258 valence electrons. The Hall–Kier alpha value is -4.77. The normalized spacial score (nSPS) is 31.5. The SMILES string of the molecule is C=Cc1cccc(C(=O)O[C@H]2C[C@H]3[C@](C)(COC(C)=O)[C@@H](OC(C)=O)CC[C@]3(C)[C@H]3[C@@H](O)c4c(cc(-c5cccnc5)oc4=O)O[C@]23C)c1. The second-order valence-electron chi connectivity index (χ2n) is 14.1. The molecule has 11 nitrogen and oxygen atoms in total. The summed E-state index contributed by atoms with van der Waals surface area (Å²) in [4.78, 5) is 56.1. The Bertz CT molecular complexity index is 1850. The maximum absolute atomic E-state index is 13.9. The van der Waals surface area contributed by atoms with Crippen LogP contribution in [-0.2, 0) is 23.8 Å². The number of nitrogens with zero attached hydrogens (tertiary/aromatic N) is 1. The number of hydrogen-bond donors (Lipinski definition) is 1. The highest BCUT2D eigenvalue weighted by Gasteiger charge is 2.71. The van der Waals surface area contributed by atoms with Gasteiger partial charge in [-0.15, -0.1) is 0 Å². The highest BCUT2D eigenvalue weighted by Crippen LogP contribution is 2.67. The second kappa shape index (κ2) is 12.6. The molecular weight excluding hydrogens is 630 g/mol. The lowest BCUT2D eigenvalue weighted by atomic mass is 9.42. The fourth-order valence-electron chi connectivity index (χ4n) is 8.83. The van der Waals surface area contributed by atoms with Crippen molar-refractivity contribution in [1.29, 1.82) is 0 Å². The maximum Gasteiger partial charge on any atom is 0.345 e. The Morgan fingerprint density at radius 1 is 1.06 bits per heavy atom. The predicted molar refractivity (Wildman–Crippen MR) is 177 cm³/mol. The third kappa shape index (κ3) is 5.83. The summed E-state index contributed by atoms with van der Waals surface area (Å²) in [6, 6.07) is 11.9. The van der Waals surface area contributed by atoms with E-state index in [1.165, 1.54) is 13.8 Å². The number of hydrogen-bond acceptors (Lipinski definition) is 11. The highest BCUT2D eigenvalue weighted by molar-refractivity contribution is 5.90. The molecule has 0 saturated heterocycles. The Morgan fingerprint density at radius 2 is 1.84 bits per heavy atom. The molecule has 49 heavy (non-hydrogen) atoms. The minimum atomic E-state index is -1.39. The standard InChI is InChI=1S/C38H41NO10/c1-7-23-10-8-11-24(16-23)34(43)48-30-18-28-36(4,14-13-29(46-22(3)41)37(28,5)20-45-21(2)40)33-32(42)31-27(49-38(30,33)6)17-26(47-35(31)44)25-12-9-15-39-19-25/h7-12,15-17,19,28-30,32-33,42H,1,13-14,18,20H2,2-6H3/t28-,29+,30+,32+,33-,36+,37+,38-/m1/s1. The first-order valence-corrected chi connectivity index (χ1v) is 16.4. The molecular formula is C38H41NO10. The minimum Gasteiger partial charge on any atom is -0.482 e. The Kier molecular flexibility index (Phi) is 8.77. The number of aromatic nitrogens is 1. The molecule has 0 bridgehead atoms. The number of aliphatic hydroxyl groups excluding tert-OH is 1. The van der Waals surface area contributed by atoms with Crippen molar-refractivity contribution >= 4 is 24.0 Å². The molecule has 0 amide bonds. The van der Waals surface area contributed by atoms with Gasteiger partial charge in [0.25, 0.3) is 0 Å². The van der Waals surface area contributed by atoms with Gasteiger partial charge < -0.3 is 28.5 Å². The van der Waals surface area contributed by atoms with Crippen molar-refractivity contribution in [1.82, 2.24) is 4.98 Å². The van der Waals surface area contributed by atoms with E-state index in [1.54, 1.807) is 61.8 Å². The molecule has 2 aromatic heterocycles. The average Bonchev–Trinajstić information content (AvgIpc) is 3.06. The quantitative estimate of drug-likeness (QED) is 0.244. The van der Waals surface area contributed by atoms with Crippen LogP contribution in [-0.4, -0.2) is 52.4 Å². The molecule has 11 heteroatoms. The van der Waals surface area contributed by atoms with Crippen LogP contribution in [0.25, 0.3) is 17.4 Å². The fourth-order valence-corrected chi connectivity index (χ4v) is 8.83. The van der Waals surface area contributed by atoms with Gasteiger partial charge in [-0.2, -0.15) is 0 Å². The number of carbonyl (C=O) groups excluding carboxylic acids is 3. The summed E-state index contributed by atoms with van der Waals surface area (Å²) in [6.45, 7) is 12.0. The summed E-state index contributed by atoms with van der Waals surface area (Å²) in [6.07, 6.45) is 2.83. The molecule has 1 aliphatic heterocycles. The number of carbonyl (C=O) groups is 3. The van der Waals surface area contributed by atoms with Gasteiger partial charge in [-0.3, -0.25) is 14.6 Å². The lowest BCUT2D eigenvalue weighted by Crippen LogP contribution is -2.71. The fraction of sp³-hybridized carbons (Fsp3) is 0.447. The number of rotatable bonds is 7. The summed E-state index contributed by atoms with van der Waals surface area (Å²) >= 11 is 0. The molecule has 2 saturated carbocycles. The zero-order chi connectivity index (χ0) is 35.3. The molecule has 1 N–H and O–H groups in total. The molecule has 8 atom stereocenters. The van der Waals surface area contributed by atoms with E-state index in [-0.39, 0.29) is 30.1 Å². The van der Waals surface area contributed by atoms with Gasteiger partial charge in [0, 0.05) is 49.2 Å². The van der Waals surface area contributed by atoms with Crippen LogP contribution in [0.4, 0.5) is 0 Å². The third-order valence-corrected chi connectivity index (χ3v) is 11.0. The summed E-state index contributed by atoms with van der Waals surface area (Å²) in [7, 11) is 0. The van der Waals surface area contributed by atoms with Gasteiger partial charge >= 0.3 is 23.5 Å². The molecule has 3 heterocycles. The van der Waals surface area contributed by atoms with Crippen molar-refractivity contribution in [2.75, 3.05) is 6.61 Å². The van der Waals surface area contributed by atoms with Gasteiger partial charge in [-0.25, -0.2) is 9.59 Å². The number of pyridine rings is 1. The molecule has 3 aromatic rings. The van der Waals surface area contributed by atoms with Crippen LogP contribution in [0.15, 0.2) is 70.6 Å². The van der Waals surface area contributed by atoms with Crippen molar-refractivity contribution in [3.05, 3.63) is 88.5 Å². The van der Waals surface area contributed by atoms with Crippen molar-refractivity contribution in [3.8, 4) is 17.1 Å². The monoisotopic (exact) mass is 671 g/mol. The number of aliphatic hydroxyl groups is 1. The summed E-state index contributed by atoms with van der Waals surface area (Å²) in [5, 5.41) is 12.3. The number of ether oxygens (including phenoxy) is 4. The molecule has 6 rings (SSSR count). The Balaban J connectivity index is 1.51. The van der Waals surface area contributed by atoms with Crippen LogP contribution >= 0.6 is 0 Å². The average molecular weight is 672 g/mol. The van der Waals surface area contributed by atoms with Crippen molar-refractivity contribution in [3.63, 3.8) is 0 Å². The van der Waals surface area contributed by atoms with Crippen molar-refractivity contribution in [2.24, 2.45) is 22.7 Å². The van der Waals surface area contributed by atoms with Crippen LogP contribution in [0.2, 0.25) is 0 Å². The first-order chi connectivity index (χ1) is 23.2. The van der Waals surface area contributed by atoms with Gasteiger partial charge in [-0.05, 0) is 67.3 Å². The van der Waals surface area contributed by atoms with E-state index in [2.05, 4.69) is 11.6 Å². The summed E-state index contributed by atoms with van der Waals surface area (Å²) in [5.41, 5.74) is -2.34. The van der Waals surface area contributed by atoms with Crippen LogP contribution in [0.3, 0.4) is 0 Å². The predicted octanol–water partition coefficient (Wildman–Crippen LogP) is 5.69. The number of fused-ring (bicyclic) bond motifs is 4. The minimum absolute atomic E-state index is 0.0375. The topological polar surface area (TPSA) is 151 Å². The van der Waals surface area contributed by atoms with Gasteiger partial charge in [0.1, 0.15) is 41.5 Å². The van der Waals surface area contributed by atoms with E-state index in [9.17, 15) is 24.3 Å². The van der Waals surface area contributed by atoms with E-state index in [0.717, 1.165) is 5.56 Å². The summed E-state index contributed by atoms with van der Waals surface area (Å²) < 4.78 is 30.3. The molecule has 0 unspecified atom stereocenters. The zero-order valence-electron chi connectivity index (χ0n) is 28.3. The molecule has 2 aliphatic carbocycles. The van der Waals surface area contributed by atoms with Gasteiger partial charge in [0.2, 0.25) is 0 Å². The molecule has 2 fully saturated rings. The smallest absolute Gasteiger partial charge is 0.345 e. The molecule has 1 aromatic carbocycles. The van der Waals surface area contributed by atoms with Gasteiger partial charge in [0.05, 0.1) is 11.7 Å². The van der Waals surface area contributed by atoms with Crippen LogP contribution < -0.4 is 10.4 Å². The molecule has 0 radical (unpaired) electrons. The molecule has 3 aliphatic rings. The van der Waals surface area contributed by atoms with Crippen LogP contribution in [0.1, 0.15) is 81.5 Å². The van der Waals surface area contributed by atoms with E-state index >= 15 is 0 Å². The largest absolute Gasteiger partial charge is 0.482 e. The number of esters is 3. The highest BCUT2D eigenvalue weighted by atomic mass is 16.6. The Morgan fingerprint density at radius 3 is 2.51 bits per heavy atom.